The molecule has 0 atom stereocenters. The molecule has 0 spiro atoms. The summed E-state index contributed by atoms with van der Waals surface area (Å²) < 4.78 is 1.61. The summed E-state index contributed by atoms with van der Waals surface area (Å²) in [5.74, 6) is -0.167. The lowest BCUT2D eigenvalue weighted by Crippen LogP contribution is -2.13. The van der Waals surface area contributed by atoms with Gasteiger partial charge in [0, 0.05) is 85.4 Å². The Balaban J connectivity index is 0.00000102. The fraction of sp³-hybridized carbons (Fsp3) is 0.163. The van der Waals surface area contributed by atoms with Crippen molar-refractivity contribution in [2.75, 3.05) is 0 Å². The number of fused-ring (bicyclic) bond motifs is 6. The lowest BCUT2D eigenvalue weighted by atomic mass is 9.84. The van der Waals surface area contributed by atoms with Crippen LogP contribution in [-0.2, 0) is 0 Å². The Hall–Kier alpha value is -4.52. The quantitative estimate of drug-likeness (QED) is 0.0779. The van der Waals surface area contributed by atoms with Crippen molar-refractivity contribution in [3.05, 3.63) is 120 Å². The van der Waals surface area contributed by atoms with Gasteiger partial charge in [-0.1, -0.05) is 104 Å². The Labute approximate surface area is 320 Å². The van der Waals surface area contributed by atoms with E-state index in [1.54, 1.807) is 16.5 Å². The molecule has 5 nitrogen and oxygen atoms in total. The molecule has 0 unspecified atom stereocenters. The zero-order chi connectivity index (χ0) is 37.3. The fourth-order valence-electron chi connectivity index (χ4n) is 7.49. The number of carbonyl (C=O) groups excluding carboxylic acids is 1. The molecule has 0 saturated carbocycles. The highest BCUT2D eigenvalue weighted by Gasteiger charge is 2.29. The Morgan fingerprint density at radius 3 is 1.77 bits per heavy atom. The summed E-state index contributed by atoms with van der Waals surface area (Å²) in [6.45, 7) is 13.4. The standard InChI is InChI=1S/C39H21Cl4N3O2.2C2H6/c1-16-8-4-5-9-27(16)44-17(2)19-12-23(40)32-35-26(43)15-22-31-21(38-45-28-10-6-7-11-29(28)46(38)39(22)48)14-25(42)34(37(31)35)33-24(41)13-20(18(3)47)30(19)36(32)33;2*1-2/h4-15H,1-3H3;2*1-2H3. The first-order chi connectivity index (χ1) is 25.1. The maximum absolute atomic E-state index is 14.2. The molecular weight excluding hydrogens is 732 g/mol. The molecule has 2 aromatic heterocycles. The van der Waals surface area contributed by atoms with Gasteiger partial charge in [0.1, 0.15) is 5.65 Å². The summed E-state index contributed by atoms with van der Waals surface area (Å²) >= 11 is 28.9. The minimum absolute atomic E-state index is 0.167. The monoisotopic (exact) mass is 763 g/mol. The van der Waals surface area contributed by atoms with Crippen molar-refractivity contribution < 1.29 is 4.79 Å². The van der Waals surface area contributed by atoms with Gasteiger partial charge in [-0.3, -0.25) is 19.0 Å². The Bertz CT molecular complexity index is 3000. The smallest absolute Gasteiger partial charge is 0.264 e. The molecule has 0 aliphatic heterocycles. The van der Waals surface area contributed by atoms with Gasteiger partial charge in [-0.2, -0.15) is 0 Å². The number of aliphatic imine (C=N–C) groups is 1. The van der Waals surface area contributed by atoms with E-state index in [0.717, 1.165) is 11.3 Å². The Morgan fingerprint density at radius 1 is 0.635 bits per heavy atom. The van der Waals surface area contributed by atoms with Crippen LogP contribution in [0.2, 0.25) is 20.1 Å². The van der Waals surface area contributed by atoms with Crippen molar-refractivity contribution in [3.63, 3.8) is 0 Å². The van der Waals surface area contributed by atoms with Crippen LogP contribution in [0.4, 0.5) is 5.69 Å². The molecular formula is C43H33Cl4N3O2. The molecule has 2 heterocycles. The third-order valence-electron chi connectivity index (χ3n) is 9.52. The molecule has 0 amide bonds. The number of hydrogen-bond acceptors (Lipinski definition) is 4. The number of ketones is 1. The molecule has 0 aliphatic carbocycles. The van der Waals surface area contributed by atoms with Gasteiger partial charge < -0.3 is 0 Å². The molecule has 9 aromatic rings. The van der Waals surface area contributed by atoms with E-state index in [-0.39, 0.29) is 11.3 Å². The van der Waals surface area contributed by atoms with Gasteiger partial charge >= 0.3 is 0 Å². The summed E-state index contributed by atoms with van der Waals surface area (Å²) in [6.07, 6.45) is 0. The van der Waals surface area contributed by atoms with Crippen LogP contribution in [0.25, 0.3) is 70.5 Å². The maximum Gasteiger partial charge on any atom is 0.264 e. The van der Waals surface area contributed by atoms with Crippen LogP contribution in [0.1, 0.15) is 63.0 Å². The topological polar surface area (TPSA) is 63.8 Å². The van der Waals surface area contributed by atoms with Gasteiger partial charge in [0.15, 0.2) is 5.78 Å². The minimum Gasteiger partial charge on any atom is -0.294 e. The van der Waals surface area contributed by atoms with Crippen molar-refractivity contribution in [1.82, 2.24) is 9.38 Å². The van der Waals surface area contributed by atoms with Gasteiger partial charge in [0.05, 0.1) is 22.1 Å². The molecule has 0 radical (unpaired) electrons. The van der Waals surface area contributed by atoms with Crippen molar-refractivity contribution in [2.45, 2.75) is 48.5 Å². The Morgan fingerprint density at radius 2 is 1.15 bits per heavy atom. The van der Waals surface area contributed by atoms with Gasteiger partial charge in [0.25, 0.3) is 5.56 Å². The molecule has 260 valence electrons. The van der Waals surface area contributed by atoms with Gasteiger partial charge in [0.2, 0.25) is 0 Å². The van der Waals surface area contributed by atoms with Gasteiger partial charge in [-0.05, 0) is 68.8 Å². The number of aromatic nitrogens is 2. The molecule has 0 N–H and O–H groups in total. The number of pyridine rings is 1. The number of para-hydroxylation sites is 3. The van der Waals surface area contributed by atoms with E-state index < -0.39 is 0 Å². The second-order valence-corrected chi connectivity index (χ2v) is 13.9. The number of aryl methyl sites for hydroxylation is 1. The highest BCUT2D eigenvalue weighted by atomic mass is 35.5. The lowest BCUT2D eigenvalue weighted by molar-refractivity contribution is 0.101. The number of hydrogen-bond donors (Lipinski definition) is 0. The van der Waals surface area contributed by atoms with E-state index in [4.69, 9.17) is 56.4 Å². The number of carbonyl (C=O) groups is 1. The van der Waals surface area contributed by atoms with Crippen molar-refractivity contribution in [2.24, 2.45) is 4.99 Å². The van der Waals surface area contributed by atoms with Crippen molar-refractivity contribution >= 4 is 134 Å². The highest BCUT2D eigenvalue weighted by Crippen LogP contribution is 2.53. The fourth-order valence-corrected chi connectivity index (χ4v) is 8.68. The largest absolute Gasteiger partial charge is 0.294 e. The van der Waals surface area contributed by atoms with Crippen molar-refractivity contribution in [1.29, 1.82) is 0 Å². The second kappa shape index (κ2) is 13.5. The summed E-state index contributed by atoms with van der Waals surface area (Å²) in [6, 6.07) is 22.4. The first-order valence-electron chi connectivity index (χ1n) is 17.2. The number of imidazole rings is 1. The van der Waals surface area contributed by atoms with Crippen LogP contribution in [0, 0.1) is 6.92 Å². The molecule has 52 heavy (non-hydrogen) atoms. The van der Waals surface area contributed by atoms with Crippen molar-refractivity contribution in [3.8, 4) is 0 Å². The third kappa shape index (κ3) is 5.05. The second-order valence-electron chi connectivity index (χ2n) is 12.2. The predicted molar refractivity (Wildman–Crippen MR) is 225 cm³/mol. The number of benzene rings is 7. The average Bonchev–Trinajstić information content (AvgIpc) is 3.54. The normalized spacial score (nSPS) is 12.0. The van der Waals surface area contributed by atoms with Gasteiger partial charge in [-0.25, -0.2) is 4.98 Å². The molecule has 9 heteroatoms. The maximum atomic E-state index is 14.2. The number of halogens is 4. The zero-order valence-corrected chi connectivity index (χ0v) is 32.6. The summed E-state index contributed by atoms with van der Waals surface area (Å²) in [7, 11) is 0. The Kier molecular flexibility index (Phi) is 9.29. The van der Waals surface area contributed by atoms with E-state index in [9.17, 15) is 9.59 Å². The first kappa shape index (κ1) is 35.9. The van der Waals surface area contributed by atoms with Crippen LogP contribution in [0.3, 0.4) is 0 Å². The zero-order valence-electron chi connectivity index (χ0n) is 29.6. The summed E-state index contributed by atoms with van der Waals surface area (Å²) in [4.78, 5) is 37.4. The van der Waals surface area contributed by atoms with Crippen LogP contribution < -0.4 is 5.56 Å². The van der Waals surface area contributed by atoms with E-state index >= 15 is 0 Å². The van der Waals surface area contributed by atoms with Crippen LogP contribution >= 0.6 is 46.4 Å². The van der Waals surface area contributed by atoms with Crippen LogP contribution in [0.5, 0.6) is 0 Å². The molecule has 0 saturated heterocycles. The van der Waals surface area contributed by atoms with E-state index in [2.05, 4.69) is 0 Å². The highest BCUT2D eigenvalue weighted by molar-refractivity contribution is 6.56. The molecule has 7 aromatic carbocycles. The third-order valence-corrected chi connectivity index (χ3v) is 10.7. The number of nitrogens with zero attached hydrogens (tertiary/aromatic N) is 3. The predicted octanol–water partition coefficient (Wildman–Crippen LogP) is 13.8. The SMILES string of the molecule is CC.CC.CC(=O)c1cc(Cl)c2c3c(Cl)cc4c5c(cc(Cl)c(c6c(Cl)cc(C(C)=Nc7ccccc7C)c1c62)c35)c(=O)n1c2ccccc2nc41. The minimum atomic E-state index is -0.244. The van der Waals surface area contributed by atoms with Crippen LogP contribution in [-0.4, -0.2) is 20.9 Å². The molecule has 0 bridgehead atoms. The molecule has 0 fully saturated rings. The van der Waals surface area contributed by atoms with E-state index in [1.165, 1.54) is 6.92 Å². The number of Topliss-reactive ketones (excluding diaryl/α,β-unsaturated/α-hetero) is 1. The molecule has 0 aliphatic rings. The summed E-state index contributed by atoms with van der Waals surface area (Å²) in [5.41, 5.74) is 5.24. The first-order valence-corrected chi connectivity index (χ1v) is 18.7. The van der Waals surface area contributed by atoms with Gasteiger partial charge in [-0.15, -0.1) is 0 Å². The average molecular weight is 766 g/mol. The molecule has 9 rings (SSSR count). The van der Waals surface area contributed by atoms with Crippen LogP contribution in [0.15, 0.2) is 82.6 Å². The number of rotatable bonds is 3. The summed E-state index contributed by atoms with van der Waals surface area (Å²) in [5, 5.41) is 7.68. The lowest BCUT2D eigenvalue weighted by Gasteiger charge is -2.22. The van der Waals surface area contributed by atoms with E-state index in [0.29, 0.717) is 107 Å². The van der Waals surface area contributed by atoms with E-state index in [1.807, 2.05) is 102 Å².